The minimum absolute atomic E-state index is 0.0654. The fourth-order valence-electron chi connectivity index (χ4n) is 3.51. The molecular weight excluding hydrogens is 356 g/mol. The number of rotatable bonds is 2. The maximum Gasteiger partial charge on any atom is 0.407 e. The first kappa shape index (κ1) is 15.0. The third-order valence-corrected chi connectivity index (χ3v) is 6.74. The molecular formula is C14H15ClN4O2S2. The van der Waals surface area contributed by atoms with Gasteiger partial charge < -0.3 is 20.6 Å². The van der Waals surface area contributed by atoms with Gasteiger partial charge in [-0.1, -0.05) is 22.9 Å². The van der Waals surface area contributed by atoms with E-state index < -0.39 is 6.09 Å². The Balaban J connectivity index is 1.64. The normalized spacial score (nSPS) is 23.5. The first-order chi connectivity index (χ1) is 11.0. The summed E-state index contributed by atoms with van der Waals surface area (Å²) >= 11 is 9.03. The van der Waals surface area contributed by atoms with Gasteiger partial charge in [0.15, 0.2) is 5.13 Å². The number of aromatic nitrogens is 1. The highest BCUT2D eigenvalue weighted by atomic mass is 35.5. The molecule has 3 N–H and O–H groups in total. The van der Waals surface area contributed by atoms with E-state index in [0.717, 1.165) is 28.5 Å². The Labute approximate surface area is 146 Å². The highest BCUT2D eigenvalue weighted by Crippen LogP contribution is 2.44. The van der Waals surface area contributed by atoms with E-state index in [1.165, 1.54) is 11.3 Å². The van der Waals surface area contributed by atoms with Crippen LogP contribution < -0.4 is 10.6 Å². The van der Waals surface area contributed by atoms with Crippen molar-refractivity contribution in [3.8, 4) is 10.6 Å². The number of thiophene rings is 1. The number of hydrogen-bond donors (Lipinski definition) is 2. The van der Waals surface area contributed by atoms with Crippen molar-refractivity contribution < 1.29 is 9.90 Å². The van der Waals surface area contributed by atoms with Gasteiger partial charge in [0.25, 0.3) is 0 Å². The largest absolute Gasteiger partial charge is 0.465 e. The lowest BCUT2D eigenvalue weighted by Gasteiger charge is -2.22. The predicted octanol–water partition coefficient (Wildman–Crippen LogP) is 3.30. The van der Waals surface area contributed by atoms with Gasteiger partial charge in [0.1, 0.15) is 10.7 Å². The fourth-order valence-corrected chi connectivity index (χ4v) is 5.50. The van der Waals surface area contributed by atoms with Crippen LogP contribution in [-0.2, 0) is 0 Å². The van der Waals surface area contributed by atoms with E-state index in [2.05, 4.69) is 9.88 Å². The molecule has 2 atom stereocenters. The van der Waals surface area contributed by atoms with Gasteiger partial charge >= 0.3 is 6.09 Å². The van der Waals surface area contributed by atoms with Gasteiger partial charge in [-0.05, 0) is 12.5 Å². The molecule has 0 saturated carbocycles. The molecule has 2 saturated heterocycles. The molecule has 2 aliphatic heterocycles. The van der Waals surface area contributed by atoms with Crippen molar-refractivity contribution in [3.63, 3.8) is 0 Å². The summed E-state index contributed by atoms with van der Waals surface area (Å²) in [6.07, 6.45) is 0.0930. The summed E-state index contributed by atoms with van der Waals surface area (Å²) in [5.41, 5.74) is 6.78. The Bertz CT molecular complexity index is 762. The molecule has 2 unspecified atom stereocenters. The molecule has 0 spiro atoms. The number of fused-ring (bicyclic) bond motifs is 1. The van der Waals surface area contributed by atoms with Crippen LogP contribution in [0.2, 0.25) is 5.02 Å². The smallest absolute Gasteiger partial charge is 0.407 e. The topological polar surface area (TPSA) is 82.7 Å². The van der Waals surface area contributed by atoms with Crippen LogP contribution in [-0.4, -0.2) is 46.8 Å². The summed E-state index contributed by atoms with van der Waals surface area (Å²) in [6.45, 7) is 2.18. The number of likely N-dealkylation sites (tertiary alicyclic amines) is 1. The standard InChI is InChI=1S/C14H15ClN4O2S2/c15-8-3-10(22-6-8)11-12(23-13(16)17-11)18-4-7-1-2-19(14(20)21)9(7)5-18/h3,6-7,9H,1-2,4-5H2,(H2,16,17)(H,20,21). The molecule has 4 rings (SSSR count). The molecule has 1 amide bonds. The summed E-state index contributed by atoms with van der Waals surface area (Å²) < 4.78 is 0. The Hall–Kier alpha value is -1.51. The molecule has 2 aliphatic rings. The highest BCUT2D eigenvalue weighted by Gasteiger charge is 2.44. The second-order valence-corrected chi connectivity index (χ2v) is 8.19. The van der Waals surface area contributed by atoms with Gasteiger partial charge in [0.05, 0.1) is 15.9 Å². The van der Waals surface area contributed by atoms with E-state index in [-0.39, 0.29) is 6.04 Å². The van der Waals surface area contributed by atoms with Crippen molar-refractivity contribution in [2.24, 2.45) is 5.92 Å². The molecule has 2 aromatic heterocycles. The van der Waals surface area contributed by atoms with Crippen molar-refractivity contribution in [2.75, 3.05) is 30.3 Å². The maximum absolute atomic E-state index is 11.3. The molecule has 0 aliphatic carbocycles. The van der Waals surface area contributed by atoms with Crippen LogP contribution in [0.4, 0.5) is 14.9 Å². The number of carbonyl (C=O) groups is 1. The molecule has 9 heteroatoms. The van der Waals surface area contributed by atoms with Crippen molar-refractivity contribution >= 4 is 50.5 Å². The van der Waals surface area contributed by atoms with Crippen LogP contribution in [0, 0.1) is 5.92 Å². The summed E-state index contributed by atoms with van der Waals surface area (Å²) in [5, 5.41) is 13.4. The molecule has 122 valence electrons. The number of halogens is 1. The third kappa shape index (κ3) is 2.54. The Morgan fingerprint density at radius 1 is 1.48 bits per heavy atom. The SMILES string of the molecule is Nc1nc(-c2cc(Cl)cs2)c(N2CC3CCN(C(=O)O)C3C2)s1. The Morgan fingerprint density at radius 2 is 2.30 bits per heavy atom. The molecule has 0 aromatic carbocycles. The predicted molar refractivity (Wildman–Crippen MR) is 93.7 cm³/mol. The van der Waals surface area contributed by atoms with Gasteiger partial charge in [0, 0.05) is 30.9 Å². The number of nitrogen functional groups attached to an aromatic ring is 1. The van der Waals surface area contributed by atoms with Gasteiger partial charge in [0.2, 0.25) is 0 Å². The van der Waals surface area contributed by atoms with Gasteiger partial charge in [-0.15, -0.1) is 11.3 Å². The van der Waals surface area contributed by atoms with E-state index >= 15 is 0 Å². The fraction of sp³-hybridized carbons (Fsp3) is 0.429. The van der Waals surface area contributed by atoms with E-state index in [4.69, 9.17) is 17.3 Å². The summed E-state index contributed by atoms with van der Waals surface area (Å²) in [4.78, 5) is 20.6. The first-order valence-corrected chi connectivity index (χ1v) is 9.35. The molecule has 6 nitrogen and oxygen atoms in total. The van der Waals surface area contributed by atoms with Crippen LogP contribution in [0.1, 0.15) is 6.42 Å². The number of anilines is 2. The van der Waals surface area contributed by atoms with Gasteiger partial charge in [-0.3, -0.25) is 0 Å². The van der Waals surface area contributed by atoms with Crippen molar-refractivity contribution in [1.82, 2.24) is 9.88 Å². The Kier molecular flexibility index (Phi) is 3.62. The van der Waals surface area contributed by atoms with E-state index in [0.29, 0.717) is 29.2 Å². The quantitative estimate of drug-likeness (QED) is 0.847. The second kappa shape index (κ2) is 5.54. The maximum atomic E-state index is 11.3. The molecule has 0 bridgehead atoms. The van der Waals surface area contributed by atoms with Crippen LogP contribution in [0.5, 0.6) is 0 Å². The molecule has 2 aromatic rings. The molecule has 0 radical (unpaired) electrons. The van der Waals surface area contributed by atoms with Gasteiger partial charge in [-0.25, -0.2) is 9.78 Å². The van der Waals surface area contributed by atoms with Crippen molar-refractivity contribution in [1.29, 1.82) is 0 Å². The number of nitrogens with zero attached hydrogens (tertiary/aromatic N) is 3. The van der Waals surface area contributed by atoms with E-state index in [1.54, 1.807) is 16.2 Å². The lowest BCUT2D eigenvalue weighted by Crippen LogP contribution is -2.38. The minimum atomic E-state index is -0.826. The first-order valence-electron chi connectivity index (χ1n) is 7.28. The average molecular weight is 371 g/mol. The zero-order chi connectivity index (χ0) is 16.1. The van der Waals surface area contributed by atoms with Crippen LogP contribution in [0.25, 0.3) is 10.6 Å². The Morgan fingerprint density at radius 3 is 3.00 bits per heavy atom. The van der Waals surface area contributed by atoms with E-state index in [9.17, 15) is 9.90 Å². The highest BCUT2D eigenvalue weighted by molar-refractivity contribution is 7.20. The molecule has 23 heavy (non-hydrogen) atoms. The lowest BCUT2D eigenvalue weighted by atomic mass is 10.1. The number of hydrogen-bond acceptors (Lipinski definition) is 6. The number of carboxylic acid groups (broad SMARTS) is 1. The summed E-state index contributed by atoms with van der Waals surface area (Å²) in [7, 11) is 0. The zero-order valence-electron chi connectivity index (χ0n) is 12.1. The van der Waals surface area contributed by atoms with Crippen LogP contribution in [0.15, 0.2) is 11.4 Å². The summed E-state index contributed by atoms with van der Waals surface area (Å²) in [6, 6.07) is 1.96. The third-order valence-electron chi connectivity index (χ3n) is 4.51. The van der Waals surface area contributed by atoms with E-state index in [1.807, 2.05) is 11.4 Å². The average Bonchev–Trinajstić information content (AvgIpc) is 3.19. The molecule has 4 heterocycles. The summed E-state index contributed by atoms with van der Waals surface area (Å²) in [5.74, 6) is 0.384. The van der Waals surface area contributed by atoms with Crippen molar-refractivity contribution in [2.45, 2.75) is 12.5 Å². The number of thiazole rings is 1. The molecule has 2 fully saturated rings. The van der Waals surface area contributed by atoms with Crippen LogP contribution in [0.3, 0.4) is 0 Å². The monoisotopic (exact) mass is 370 g/mol. The zero-order valence-corrected chi connectivity index (χ0v) is 14.5. The number of amides is 1. The van der Waals surface area contributed by atoms with Crippen LogP contribution >= 0.6 is 34.3 Å². The minimum Gasteiger partial charge on any atom is -0.465 e. The number of nitrogens with two attached hydrogens (primary N) is 1. The second-order valence-electron chi connectivity index (χ2n) is 5.83. The lowest BCUT2D eigenvalue weighted by molar-refractivity contribution is 0.140. The van der Waals surface area contributed by atoms with Gasteiger partial charge in [-0.2, -0.15) is 0 Å². The van der Waals surface area contributed by atoms with Crippen molar-refractivity contribution in [3.05, 3.63) is 16.5 Å².